The highest BCUT2D eigenvalue weighted by atomic mass is 35.5. The Bertz CT molecular complexity index is 1510. The fourth-order valence-corrected chi connectivity index (χ4v) is 7.60. The van der Waals surface area contributed by atoms with Gasteiger partial charge in [-0.1, -0.05) is 47.7 Å². The van der Waals surface area contributed by atoms with E-state index in [1.165, 1.54) is 22.9 Å². The van der Waals surface area contributed by atoms with Crippen LogP contribution in [0.1, 0.15) is 29.2 Å². The molecule has 2 fully saturated rings. The number of hydrogen-bond acceptors (Lipinski definition) is 4. The van der Waals surface area contributed by atoms with E-state index >= 15 is 0 Å². The highest BCUT2D eigenvalue weighted by molar-refractivity contribution is 8.14. The van der Waals surface area contributed by atoms with E-state index in [4.69, 9.17) is 21.3 Å². The number of carbonyl (C=O) groups is 1. The molecular formula is C33H31ClN2O2S. The number of amides is 1. The molecule has 4 aromatic rings. The van der Waals surface area contributed by atoms with E-state index in [0.29, 0.717) is 11.8 Å². The number of para-hydroxylation sites is 1. The highest BCUT2D eigenvalue weighted by Crippen LogP contribution is 2.51. The number of rotatable bonds is 7. The number of aryl methyl sites for hydroxylation is 1. The molecule has 2 saturated heterocycles. The number of fused-ring (bicyclic) bond motifs is 2. The lowest BCUT2D eigenvalue weighted by atomic mass is 9.80. The van der Waals surface area contributed by atoms with Crippen LogP contribution in [-0.2, 0) is 0 Å². The predicted octanol–water partition coefficient (Wildman–Crippen LogP) is 9.03. The molecule has 0 spiro atoms. The summed E-state index contributed by atoms with van der Waals surface area (Å²) in [7, 11) is 0. The quantitative estimate of drug-likeness (QED) is 0.169. The van der Waals surface area contributed by atoms with Crippen molar-refractivity contribution in [1.29, 1.82) is 0 Å². The van der Waals surface area contributed by atoms with Gasteiger partial charge in [0.25, 0.3) is 5.24 Å². The molecule has 4 nitrogen and oxygen atoms in total. The molecule has 2 aliphatic heterocycles. The lowest BCUT2D eigenvalue weighted by Gasteiger charge is -2.38. The van der Waals surface area contributed by atoms with Gasteiger partial charge < -0.3 is 9.64 Å². The molecule has 0 radical (unpaired) electrons. The standard InChI is InChI=1S/C33H31ClN2O2S/c1-3-22(20-34)24-15-16-36-31(18-24)32(39-33(36)37)28-19-30(35-29-14-9-21(2)17-27(28)29)23-10-12-26(13-11-23)38-25-7-5-4-6-8-25/h3-14,17,19,22,24,31-32H,1,15-16,18,20H2,2H3/t22-,24-,31-,32-/m0/s1. The van der Waals surface area contributed by atoms with Crippen molar-refractivity contribution in [2.45, 2.75) is 31.1 Å². The van der Waals surface area contributed by atoms with Gasteiger partial charge in [0.05, 0.1) is 16.5 Å². The summed E-state index contributed by atoms with van der Waals surface area (Å²) < 4.78 is 5.99. The molecule has 0 saturated carbocycles. The number of pyridine rings is 1. The van der Waals surface area contributed by atoms with Crippen LogP contribution in [0.2, 0.25) is 0 Å². The number of benzene rings is 3. The van der Waals surface area contributed by atoms with Crippen molar-refractivity contribution in [2.75, 3.05) is 12.4 Å². The normalized spacial score (nSPS) is 21.5. The third-order valence-corrected chi connectivity index (χ3v) is 9.63. The molecule has 1 aromatic heterocycles. The Morgan fingerprint density at radius 2 is 1.87 bits per heavy atom. The maximum atomic E-state index is 13.2. The van der Waals surface area contributed by atoms with Crippen LogP contribution < -0.4 is 4.74 Å². The Labute approximate surface area is 239 Å². The Hall–Kier alpha value is -3.28. The number of piperidine rings is 1. The molecule has 2 aliphatic rings. The van der Waals surface area contributed by atoms with Crippen LogP contribution in [0.4, 0.5) is 4.79 Å². The van der Waals surface area contributed by atoms with Crippen LogP contribution in [0.25, 0.3) is 22.2 Å². The minimum Gasteiger partial charge on any atom is -0.457 e. The number of carbonyl (C=O) groups excluding carboxylic acids is 1. The van der Waals surface area contributed by atoms with Gasteiger partial charge >= 0.3 is 0 Å². The summed E-state index contributed by atoms with van der Waals surface area (Å²) in [5, 5.41) is 1.33. The monoisotopic (exact) mass is 554 g/mol. The molecule has 198 valence electrons. The molecule has 4 atom stereocenters. The SMILES string of the molecule is C=C[C@@H](CCl)[C@H]1CCN2C(=O)S[C@@H](c3cc(-c4ccc(Oc5ccccc5)cc4)nc4ccc(C)cc34)[C@@H]2C1. The second-order valence-electron chi connectivity index (χ2n) is 10.5. The fourth-order valence-electron chi connectivity index (χ4n) is 5.90. The summed E-state index contributed by atoms with van der Waals surface area (Å²) in [4.78, 5) is 20.3. The van der Waals surface area contributed by atoms with E-state index in [9.17, 15) is 4.79 Å². The molecule has 3 heterocycles. The second kappa shape index (κ2) is 11.1. The van der Waals surface area contributed by atoms with Gasteiger partial charge in [-0.2, -0.15) is 0 Å². The summed E-state index contributed by atoms with van der Waals surface area (Å²) in [6, 6.07) is 26.6. The average molecular weight is 555 g/mol. The van der Waals surface area contributed by atoms with Gasteiger partial charge in [-0.15, -0.1) is 18.2 Å². The van der Waals surface area contributed by atoms with Crippen molar-refractivity contribution in [3.63, 3.8) is 0 Å². The first-order valence-corrected chi connectivity index (χ1v) is 14.9. The van der Waals surface area contributed by atoms with Crippen LogP contribution in [0.15, 0.2) is 91.5 Å². The third-order valence-electron chi connectivity index (χ3n) is 8.02. The number of alkyl halides is 1. The van der Waals surface area contributed by atoms with Crippen molar-refractivity contribution in [3.8, 4) is 22.8 Å². The zero-order chi connectivity index (χ0) is 26.9. The van der Waals surface area contributed by atoms with Crippen molar-refractivity contribution in [3.05, 3.63) is 103 Å². The predicted molar refractivity (Wildman–Crippen MR) is 162 cm³/mol. The summed E-state index contributed by atoms with van der Waals surface area (Å²) in [6.07, 6.45) is 3.89. The third kappa shape index (κ3) is 5.18. The number of halogens is 1. The lowest BCUT2D eigenvalue weighted by molar-refractivity contribution is 0.138. The summed E-state index contributed by atoms with van der Waals surface area (Å²) in [5.74, 6) is 2.84. The zero-order valence-electron chi connectivity index (χ0n) is 21.9. The molecule has 3 aromatic carbocycles. The van der Waals surface area contributed by atoms with E-state index in [-0.39, 0.29) is 22.4 Å². The molecule has 0 N–H and O–H groups in total. The first-order valence-electron chi connectivity index (χ1n) is 13.4. The van der Waals surface area contributed by atoms with E-state index < -0.39 is 0 Å². The van der Waals surface area contributed by atoms with Crippen LogP contribution in [0.5, 0.6) is 11.5 Å². The largest absolute Gasteiger partial charge is 0.457 e. The Morgan fingerprint density at radius 3 is 2.62 bits per heavy atom. The highest BCUT2D eigenvalue weighted by Gasteiger charge is 2.46. The summed E-state index contributed by atoms with van der Waals surface area (Å²) in [6.45, 7) is 6.90. The van der Waals surface area contributed by atoms with Gasteiger partial charge in [-0.05, 0) is 91.8 Å². The Balaban J connectivity index is 1.37. The van der Waals surface area contributed by atoms with Crippen molar-refractivity contribution >= 4 is 39.5 Å². The summed E-state index contributed by atoms with van der Waals surface area (Å²) in [5.41, 5.74) is 5.22. The van der Waals surface area contributed by atoms with Crippen molar-refractivity contribution in [2.24, 2.45) is 11.8 Å². The van der Waals surface area contributed by atoms with Gasteiger partial charge in [-0.3, -0.25) is 4.79 Å². The molecule has 6 rings (SSSR count). The first kappa shape index (κ1) is 26.0. The van der Waals surface area contributed by atoms with E-state index in [0.717, 1.165) is 53.0 Å². The van der Waals surface area contributed by atoms with Crippen LogP contribution in [0.3, 0.4) is 0 Å². The van der Waals surface area contributed by atoms with Crippen LogP contribution in [-0.4, -0.2) is 33.6 Å². The van der Waals surface area contributed by atoms with E-state index in [2.05, 4.69) is 54.8 Å². The molecule has 0 bridgehead atoms. The first-order chi connectivity index (χ1) is 19.0. The zero-order valence-corrected chi connectivity index (χ0v) is 23.5. The van der Waals surface area contributed by atoms with Gasteiger partial charge in [-0.25, -0.2) is 4.98 Å². The molecule has 6 heteroatoms. The lowest BCUT2D eigenvalue weighted by Crippen LogP contribution is -2.43. The smallest absolute Gasteiger partial charge is 0.282 e. The topological polar surface area (TPSA) is 42.4 Å². The maximum absolute atomic E-state index is 13.2. The Kier molecular flexibility index (Phi) is 7.37. The van der Waals surface area contributed by atoms with Gasteiger partial charge in [0.15, 0.2) is 0 Å². The number of thioether (sulfide) groups is 1. The molecule has 1 amide bonds. The van der Waals surface area contributed by atoms with Crippen molar-refractivity contribution in [1.82, 2.24) is 9.88 Å². The average Bonchev–Trinajstić information content (AvgIpc) is 3.29. The second-order valence-corrected chi connectivity index (χ2v) is 11.9. The van der Waals surface area contributed by atoms with Gasteiger partial charge in [0.1, 0.15) is 11.5 Å². The molecule has 0 aliphatic carbocycles. The van der Waals surface area contributed by atoms with Gasteiger partial charge in [0.2, 0.25) is 0 Å². The number of ether oxygens (including phenoxy) is 1. The fraction of sp³-hybridized carbons (Fsp3) is 0.273. The number of hydrogen-bond donors (Lipinski definition) is 0. The van der Waals surface area contributed by atoms with Gasteiger partial charge in [0, 0.05) is 29.4 Å². The molecular weight excluding hydrogens is 524 g/mol. The van der Waals surface area contributed by atoms with E-state index in [1.807, 2.05) is 48.5 Å². The number of allylic oxidation sites excluding steroid dienone is 1. The summed E-state index contributed by atoms with van der Waals surface area (Å²) >= 11 is 7.75. The Morgan fingerprint density at radius 1 is 1.10 bits per heavy atom. The minimum absolute atomic E-state index is 0.0350. The maximum Gasteiger partial charge on any atom is 0.282 e. The van der Waals surface area contributed by atoms with Crippen LogP contribution in [0, 0.1) is 18.8 Å². The van der Waals surface area contributed by atoms with Crippen molar-refractivity contribution < 1.29 is 9.53 Å². The molecule has 39 heavy (non-hydrogen) atoms. The molecule has 0 unspecified atom stereocenters. The number of nitrogens with zero attached hydrogens (tertiary/aromatic N) is 2. The number of aromatic nitrogens is 1. The van der Waals surface area contributed by atoms with E-state index in [1.54, 1.807) is 0 Å². The van der Waals surface area contributed by atoms with Crippen LogP contribution >= 0.6 is 23.4 Å². The minimum atomic E-state index is 0.0350.